The van der Waals surface area contributed by atoms with E-state index in [0.717, 1.165) is 18.3 Å². The van der Waals surface area contributed by atoms with Crippen LogP contribution >= 0.6 is 12.6 Å². The zero-order valence-electron chi connectivity index (χ0n) is 28.7. The molecule has 268 valence electrons. The molecule has 10 heteroatoms. The van der Waals surface area contributed by atoms with E-state index in [1.54, 1.807) is 5.57 Å². The van der Waals surface area contributed by atoms with E-state index in [0.29, 0.717) is 30.2 Å². The van der Waals surface area contributed by atoms with Crippen LogP contribution < -0.4 is 5.32 Å². The van der Waals surface area contributed by atoms with Gasteiger partial charge in [-0.1, -0.05) is 38.8 Å². The van der Waals surface area contributed by atoms with Crippen molar-refractivity contribution in [2.45, 2.75) is 128 Å². The molecule has 1 aliphatic heterocycles. The van der Waals surface area contributed by atoms with Crippen molar-refractivity contribution in [3.8, 4) is 0 Å². The van der Waals surface area contributed by atoms with Gasteiger partial charge in [-0.05, 0) is 97.9 Å². The van der Waals surface area contributed by atoms with Crippen molar-refractivity contribution >= 4 is 18.5 Å². The van der Waals surface area contributed by atoms with Gasteiger partial charge in [0.2, 0.25) is 5.91 Å². The van der Waals surface area contributed by atoms with Crippen LogP contribution in [0.4, 0.5) is 8.78 Å². The van der Waals surface area contributed by atoms with Crippen molar-refractivity contribution in [1.29, 1.82) is 0 Å². The van der Waals surface area contributed by atoms with Gasteiger partial charge in [0.25, 0.3) is 0 Å². The third kappa shape index (κ3) is 6.29. The van der Waals surface area contributed by atoms with Crippen molar-refractivity contribution in [2.24, 2.45) is 34.0 Å². The van der Waals surface area contributed by atoms with Gasteiger partial charge >= 0.3 is 0 Å². The van der Waals surface area contributed by atoms with Crippen LogP contribution in [0.2, 0.25) is 0 Å². The Morgan fingerprint density at radius 1 is 1.08 bits per heavy atom. The number of fused-ring (bicyclic) bond motifs is 5. The predicted octanol–water partition coefficient (Wildman–Crippen LogP) is 6.19. The molecule has 4 N–H and O–H groups in total. The summed E-state index contributed by atoms with van der Waals surface area (Å²) in [7, 11) is 0. The van der Waals surface area contributed by atoms with Crippen molar-refractivity contribution in [3.63, 3.8) is 0 Å². The monoisotopic (exact) mass is 691 g/mol. The number of thiol groups is 1. The SMILES string of the molecule is C[C@]12CCCCC1=CC[C@@H]1[C@@H]2CC[C@@]2(C)[C@H]1CC[C@]2(C)[C@H](S)CCC(=O)NCCOCc1cc([C@@H]2O[C@H](CO)C(O)C2O)c(F)cc1F. The highest BCUT2D eigenvalue weighted by atomic mass is 32.1. The summed E-state index contributed by atoms with van der Waals surface area (Å²) in [6, 6.07) is 1.90. The van der Waals surface area contributed by atoms with Gasteiger partial charge in [0, 0.05) is 35.4 Å². The maximum atomic E-state index is 14.6. The van der Waals surface area contributed by atoms with Gasteiger partial charge in [-0.25, -0.2) is 8.78 Å². The molecule has 0 radical (unpaired) electrons. The maximum absolute atomic E-state index is 14.6. The second-order valence-corrected chi connectivity index (χ2v) is 16.7. The third-order valence-corrected chi connectivity index (χ3v) is 14.7. The van der Waals surface area contributed by atoms with E-state index in [-0.39, 0.29) is 52.9 Å². The van der Waals surface area contributed by atoms with E-state index in [2.05, 4.69) is 32.2 Å². The molecule has 1 aromatic rings. The summed E-state index contributed by atoms with van der Waals surface area (Å²) in [5.41, 5.74) is 2.36. The Labute approximate surface area is 289 Å². The first-order chi connectivity index (χ1) is 22.8. The highest BCUT2D eigenvalue weighted by Crippen LogP contribution is 2.71. The minimum Gasteiger partial charge on any atom is -0.394 e. The quantitative estimate of drug-likeness (QED) is 0.108. The number of ether oxygens (including phenoxy) is 2. The van der Waals surface area contributed by atoms with Crippen LogP contribution in [0.3, 0.4) is 0 Å². The van der Waals surface area contributed by atoms with Crippen LogP contribution in [0.25, 0.3) is 0 Å². The average molecular weight is 692 g/mol. The third-order valence-electron chi connectivity index (χ3n) is 13.9. The van der Waals surface area contributed by atoms with E-state index in [1.165, 1.54) is 57.4 Å². The Morgan fingerprint density at radius 2 is 1.85 bits per heavy atom. The number of amides is 1. The van der Waals surface area contributed by atoms with Crippen molar-refractivity contribution in [3.05, 3.63) is 46.5 Å². The molecule has 7 nitrogen and oxygen atoms in total. The number of carbonyl (C=O) groups excluding carboxylic acids is 1. The number of aliphatic hydroxyl groups is 3. The van der Waals surface area contributed by atoms with Crippen molar-refractivity contribution in [2.75, 3.05) is 19.8 Å². The van der Waals surface area contributed by atoms with Gasteiger partial charge < -0.3 is 30.1 Å². The number of rotatable bonds is 11. The fraction of sp³-hybridized carbons (Fsp3) is 0.763. The number of hydrogen-bond acceptors (Lipinski definition) is 7. The van der Waals surface area contributed by atoms with E-state index in [1.807, 2.05) is 0 Å². The standard InChI is InChI=1S/C38H55F2NO6S/c1-36-13-5-4-6-23(36)7-8-24-26(36)11-14-37(2)27(24)12-15-38(37,3)31(48)9-10-32(43)41-16-17-46-21-22-18-25(29(40)19-28(22)39)35-34(45)33(44)30(20-42)47-35/h7,18-19,24,26-27,30-31,33-35,42,44-45,48H,4-6,8-17,20-21H2,1-3H3,(H,41,43)/t24-,26+,27+,30-,31-,33?,34?,35+,36+,37+,38-/m1/s1. The summed E-state index contributed by atoms with van der Waals surface area (Å²) in [4.78, 5) is 12.8. The lowest BCUT2D eigenvalue weighted by molar-refractivity contribution is -0.121. The van der Waals surface area contributed by atoms with Crippen LogP contribution in [0, 0.1) is 45.6 Å². The van der Waals surface area contributed by atoms with Crippen LogP contribution in [0.15, 0.2) is 23.8 Å². The molecule has 5 aliphatic rings. The lowest BCUT2D eigenvalue weighted by Gasteiger charge is -2.60. The first kappa shape index (κ1) is 36.2. The number of aliphatic hydroxyl groups excluding tert-OH is 3. The molecule has 2 unspecified atom stereocenters. The lowest BCUT2D eigenvalue weighted by Crippen LogP contribution is -2.53. The largest absolute Gasteiger partial charge is 0.394 e. The number of allylic oxidation sites excluding steroid dienone is 2. The number of nitrogens with one attached hydrogen (secondary N) is 1. The summed E-state index contributed by atoms with van der Waals surface area (Å²) in [5.74, 6) is 0.451. The number of hydrogen-bond donors (Lipinski definition) is 5. The minimum absolute atomic E-state index is 0.0524. The first-order valence-corrected chi connectivity index (χ1v) is 18.7. The molecule has 4 fully saturated rings. The Balaban J connectivity index is 0.967. The second kappa shape index (κ2) is 14.2. The van der Waals surface area contributed by atoms with Crippen molar-refractivity contribution in [1.82, 2.24) is 5.32 Å². The number of halogens is 2. The topological polar surface area (TPSA) is 108 Å². The van der Waals surface area contributed by atoms with Crippen LogP contribution in [0.1, 0.15) is 109 Å². The highest BCUT2D eigenvalue weighted by Gasteiger charge is 2.63. The Bertz CT molecular complexity index is 1380. The summed E-state index contributed by atoms with van der Waals surface area (Å²) in [5, 5.41) is 32.7. The summed E-state index contributed by atoms with van der Waals surface area (Å²) in [6.07, 6.45) is 10.1. The molecule has 1 saturated heterocycles. The molecule has 3 saturated carbocycles. The summed E-state index contributed by atoms with van der Waals surface area (Å²) in [6.45, 7) is 7.16. The fourth-order valence-electron chi connectivity index (χ4n) is 10.8. The zero-order chi connectivity index (χ0) is 34.4. The highest BCUT2D eigenvalue weighted by molar-refractivity contribution is 7.81. The smallest absolute Gasteiger partial charge is 0.220 e. The molecule has 48 heavy (non-hydrogen) atoms. The minimum atomic E-state index is -1.47. The Morgan fingerprint density at radius 3 is 2.60 bits per heavy atom. The predicted molar refractivity (Wildman–Crippen MR) is 182 cm³/mol. The molecule has 0 aromatic heterocycles. The van der Waals surface area contributed by atoms with Crippen LogP contribution in [-0.4, -0.2) is 64.5 Å². The first-order valence-electron chi connectivity index (χ1n) is 18.2. The molecule has 0 spiro atoms. The fourth-order valence-corrected chi connectivity index (χ4v) is 11.3. The van der Waals surface area contributed by atoms with Gasteiger partial charge in [-0.2, -0.15) is 12.6 Å². The molecule has 1 heterocycles. The molecule has 0 bridgehead atoms. The number of carbonyl (C=O) groups is 1. The van der Waals surface area contributed by atoms with E-state index >= 15 is 0 Å². The van der Waals surface area contributed by atoms with E-state index < -0.39 is 42.7 Å². The maximum Gasteiger partial charge on any atom is 0.220 e. The number of benzene rings is 1. The van der Waals surface area contributed by atoms with Crippen LogP contribution in [0.5, 0.6) is 0 Å². The normalized spacial score (nSPS) is 39.7. The Kier molecular flexibility index (Phi) is 10.7. The Hall–Kier alpha value is -1.56. The van der Waals surface area contributed by atoms with Crippen molar-refractivity contribution < 1.29 is 38.4 Å². The van der Waals surface area contributed by atoms with Gasteiger partial charge in [-0.15, -0.1) is 0 Å². The average Bonchev–Trinajstić information content (AvgIpc) is 3.51. The summed E-state index contributed by atoms with van der Waals surface area (Å²) >= 11 is 5.18. The second-order valence-electron chi connectivity index (χ2n) is 16.1. The summed E-state index contributed by atoms with van der Waals surface area (Å²) < 4.78 is 40.1. The van der Waals surface area contributed by atoms with E-state index in [4.69, 9.17) is 22.1 Å². The van der Waals surface area contributed by atoms with Gasteiger partial charge in [-0.3, -0.25) is 4.79 Å². The molecular weight excluding hydrogens is 636 g/mol. The molecule has 1 amide bonds. The molecule has 4 aliphatic carbocycles. The van der Waals surface area contributed by atoms with Gasteiger partial charge in [0.05, 0.1) is 19.8 Å². The van der Waals surface area contributed by atoms with E-state index in [9.17, 15) is 28.9 Å². The lowest BCUT2D eigenvalue weighted by atomic mass is 9.45. The molecular formula is C38H55F2NO6S. The van der Waals surface area contributed by atoms with Crippen LogP contribution in [-0.2, 0) is 20.9 Å². The molecule has 6 rings (SSSR count). The molecule has 11 atom stereocenters. The molecule has 1 aromatic carbocycles. The van der Waals surface area contributed by atoms with Gasteiger partial charge in [0.15, 0.2) is 0 Å². The zero-order valence-corrected chi connectivity index (χ0v) is 29.6. The van der Waals surface area contributed by atoms with Gasteiger partial charge in [0.1, 0.15) is 36.1 Å².